The summed E-state index contributed by atoms with van der Waals surface area (Å²) in [6.45, 7) is 3.61. The van der Waals surface area contributed by atoms with Crippen LogP contribution in [-0.2, 0) is 9.59 Å². The highest BCUT2D eigenvalue weighted by molar-refractivity contribution is 5.89. The Morgan fingerprint density at radius 2 is 2.17 bits per heavy atom. The van der Waals surface area contributed by atoms with Gasteiger partial charge in [0.15, 0.2) is 5.82 Å². The van der Waals surface area contributed by atoms with E-state index in [0.717, 1.165) is 17.5 Å². The number of hydrogen-bond acceptors (Lipinski definition) is 7. The summed E-state index contributed by atoms with van der Waals surface area (Å²) < 4.78 is 1.23. The first-order valence-corrected chi connectivity index (χ1v) is 8.87. The van der Waals surface area contributed by atoms with E-state index in [9.17, 15) is 14.4 Å². The second-order valence-electron chi connectivity index (χ2n) is 5.99. The van der Waals surface area contributed by atoms with E-state index in [4.69, 9.17) is 5.26 Å². The van der Waals surface area contributed by atoms with Crippen LogP contribution in [0, 0.1) is 17.2 Å². The number of likely N-dealkylation sites (tertiary alicyclic amines) is 1. The zero-order valence-electron chi connectivity index (χ0n) is 16.1. The van der Waals surface area contributed by atoms with Crippen molar-refractivity contribution in [3.8, 4) is 17.2 Å². The second-order valence-corrected chi connectivity index (χ2v) is 5.99. The largest absolute Gasteiger partial charge is 0.385 e. The van der Waals surface area contributed by atoms with E-state index in [1.54, 1.807) is 36.6 Å². The fraction of sp³-hybridized carbons (Fsp3) is 0.333. The van der Waals surface area contributed by atoms with Crippen LogP contribution in [0.1, 0.15) is 6.92 Å². The molecule has 0 aromatic carbocycles. The summed E-state index contributed by atoms with van der Waals surface area (Å²) in [4.78, 5) is 37.9. The van der Waals surface area contributed by atoms with Crippen molar-refractivity contribution in [2.45, 2.75) is 6.92 Å². The molecule has 3 amide bonds. The molecule has 11 nitrogen and oxygen atoms in total. The molecule has 1 fully saturated rings. The highest BCUT2D eigenvalue weighted by atomic mass is 16.2. The number of nitrogens with zero attached hydrogens (tertiary/aromatic N) is 5. The van der Waals surface area contributed by atoms with Crippen molar-refractivity contribution in [1.82, 2.24) is 25.0 Å². The number of carbonyl (C=O) groups excluding carboxylic acids is 3. The van der Waals surface area contributed by atoms with Crippen LogP contribution in [0.2, 0.25) is 0 Å². The maximum absolute atomic E-state index is 11.7. The highest BCUT2D eigenvalue weighted by Crippen LogP contribution is 2.31. The van der Waals surface area contributed by atoms with Gasteiger partial charge in [0.1, 0.15) is 0 Å². The standard InChI is InChI=1S/C13H16N6O2.C5H6N2O/c1-3-15-13(21)19-7-9(6-18-19)10-4-5-16-12(17-8-20)11(10)14-2;6-1-5-2-7(3-5)4-8/h4-8,14H,3H2,1-2H3,(H,15,21)(H,16,17,20);4-5H,2-3H2. The first-order chi connectivity index (χ1) is 14.1. The van der Waals surface area contributed by atoms with E-state index >= 15 is 0 Å². The minimum atomic E-state index is -0.296. The Morgan fingerprint density at radius 1 is 1.41 bits per heavy atom. The lowest BCUT2D eigenvalue weighted by Crippen LogP contribution is -2.44. The number of rotatable bonds is 6. The van der Waals surface area contributed by atoms with Gasteiger partial charge in [-0.25, -0.2) is 9.78 Å². The maximum Gasteiger partial charge on any atom is 0.342 e. The van der Waals surface area contributed by atoms with Crippen LogP contribution < -0.4 is 16.0 Å². The molecule has 2 aromatic rings. The molecule has 11 heteroatoms. The molecule has 3 N–H and O–H groups in total. The molecule has 0 saturated carbocycles. The maximum atomic E-state index is 11.7. The lowest BCUT2D eigenvalue weighted by atomic mass is 10.0. The van der Waals surface area contributed by atoms with Gasteiger partial charge in [-0.3, -0.25) is 9.59 Å². The Kier molecular flexibility index (Phi) is 7.67. The number of aromatic nitrogens is 3. The molecule has 0 unspecified atom stereocenters. The number of pyridine rings is 1. The summed E-state index contributed by atoms with van der Waals surface area (Å²) in [5.41, 5.74) is 2.18. The molecule has 3 heterocycles. The van der Waals surface area contributed by atoms with E-state index in [2.05, 4.69) is 32.1 Å². The Hall–Kier alpha value is -3.94. The van der Waals surface area contributed by atoms with Crippen molar-refractivity contribution in [1.29, 1.82) is 5.26 Å². The third-order valence-corrected chi connectivity index (χ3v) is 4.07. The normalized spacial score (nSPS) is 12.5. The average Bonchev–Trinajstić information content (AvgIpc) is 3.18. The molecule has 0 aliphatic carbocycles. The summed E-state index contributed by atoms with van der Waals surface area (Å²) in [6.07, 6.45) is 6.10. The molecule has 152 valence electrons. The quantitative estimate of drug-likeness (QED) is 0.608. The van der Waals surface area contributed by atoms with Gasteiger partial charge in [-0.1, -0.05) is 0 Å². The third-order valence-electron chi connectivity index (χ3n) is 4.07. The molecule has 1 saturated heterocycles. The van der Waals surface area contributed by atoms with Gasteiger partial charge in [-0.2, -0.15) is 15.0 Å². The summed E-state index contributed by atoms with van der Waals surface area (Å²) >= 11 is 0. The number of carbonyl (C=O) groups is 3. The predicted octanol–water partition coefficient (Wildman–Crippen LogP) is 0.731. The topological polar surface area (TPSA) is 145 Å². The van der Waals surface area contributed by atoms with Crippen molar-refractivity contribution < 1.29 is 14.4 Å². The number of nitrogens with one attached hydrogen (secondary N) is 3. The molecule has 0 radical (unpaired) electrons. The van der Waals surface area contributed by atoms with Crippen LogP contribution in [0.25, 0.3) is 11.1 Å². The van der Waals surface area contributed by atoms with E-state index in [-0.39, 0.29) is 11.9 Å². The van der Waals surface area contributed by atoms with Gasteiger partial charge in [0, 0.05) is 50.2 Å². The summed E-state index contributed by atoms with van der Waals surface area (Å²) in [7, 11) is 1.73. The number of hydrogen-bond donors (Lipinski definition) is 3. The van der Waals surface area contributed by atoms with E-state index < -0.39 is 0 Å². The van der Waals surface area contributed by atoms with E-state index in [1.807, 2.05) is 6.92 Å². The van der Waals surface area contributed by atoms with Gasteiger partial charge in [-0.15, -0.1) is 0 Å². The summed E-state index contributed by atoms with van der Waals surface area (Å²) in [6, 6.07) is 3.55. The van der Waals surface area contributed by atoms with Crippen LogP contribution >= 0.6 is 0 Å². The van der Waals surface area contributed by atoms with Crippen molar-refractivity contribution in [2.75, 3.05) is 37.3 Å². The van der Waals surface area contributed by atoms with Gasteiger partial charge in [0.25, 0.3) is 0 Å². The first-order valence-electron chi connectivity index (χ1n) is 8.87. The fourth-order valence-electron chi connectivity index (χ4n) is 2.61. The van der Waals surface area contributed by atoms with Crippen LogP contribution in [0.5, 0.6) is 0 Å². The molecule has 3 rings (SSSR count). The fourth-order valence-corrected chi connectivity index (χ4v) is 2.61. The van der Waals surface area contributed by atoms with Crippen LogP contribution in [-0.4, -0.2) is 65.2 Å². The number of nitriles is 1. The Morgan fingerprint density at radius 3 is 2.76 bits per heavy atom. The molecule has 2 aromatic heterocycles. The minimum Gasteiger partial charge on any atom is -0.385 e. The van der Waals surface area contributed by atoms with Gasteiger partial charge in [0.05, 0.1) is 23.9 Å². The molecule has 29 heavy (non-hydrogen) atoms. The smallest absolute Gasteiger partial charge is 0.342 e. The third kappa shape index (κ3) is 5.29. The summed E-state index contributed by atoms with van der Waals surface area (Å²) in [5, 5.41) is 20.4. The lowest BCUT2D eigenvalue weighted by Gasteiger charge is -2.31. The predicted molar refractivity (Wildman–Crippen MR) is 106 cm³/mol. The Labute approximate surface area is 167 Å². The summed E-state index contributed by atoms with van der Waals surface area (Å²) in [5.74, 6) is 0.510. The molecular formula is C18H22N8O3. The molecule has 0 bridgehead atoms. The zero-order valence-corrected chi connectivity index (χ0v) is 16.1. The Bertz CT molecular complexity index is 899. The first kappa shape index (κ1) is 21.4. The van der Waals surface area contributed by atoms with Gasteiger partial charge in [-0.05, 0) is 13.0 Å². The van der Waals surface area contributed by atoms with Crippen LogP contribution in [0.4, 0.5) is 16.3 Å². The number of amides is 3. The Balaban J connectivity index is 0.000000313. The molecule has 0 atom stereocenters. The van der Waals surface area contributed by atoms with E-state index in [0.29, 0.717) is 37.5 Å². The van der Waals surface area contributed by atoms with Gasteiger partial charge >= 0.3 is 6.03 Å². The van der Waals surface area contributed by atoms with Gasteiger partial charge < -0.3 is 20.9 Å². The van der Waals surface area contributed by atoms with Crippen molar-refractivity contribution in [3.63, 3.8) is 0 Å². The van der Waals surface area contributed by atoms with E-state index in [1.165, 1.54) is 4.68 Å². The van der Waals surface area contributed by atoms with Crippen LogP contribution in [0.3, 0.4) is 0 Å². The molecule has 0 spiro atoms. The lowest BCUT2D eigenvalue weighted by molar-refractivity contribution is -0.122. The molecule has 1 aliphatic rings. The van der Waals surface area contributed by atoms with Gasteiger partial charge in [0.2, 0.25) is 12.8 Å². The molecule has 1 aliphatic heterocycles. The minimum absolute atomic E-state index is 0.0974. The van der Waals surface area contributed by atoms with Crippen molar-refractivity contribution in [2.24, 2.45) is 5.92 Å². The monoisotopic (exact) mass is 398 g/mol. The van der Waals surface area contributed by atoms with Crippen molar-refractivity contribution >= 4 is 30.4 Å². The average molecular weight is 398 g/mol. The highest BCUT2D eigenvalue weighted by Gasteiger charge is 2.24. The SMILES string of the molecule is CCNC(=O)n1cc(-c2ccnc(NC=O)c2NC)cn1.N#CC1CN(C=O)C1. The van der Waals surface area contributed by atoms with Crippen LogP contribution in [0.15, 0.2) is 24.7 Å². The number of anilines is 2. The molecular weight excluding hydrogens is 376 g/mol. The van der Waals surface area contributed by atoms with Crippen molar-refractivity contribution in [3.05, 3.63) is 24.7 Å². The zero-order chi connectivity index (χ0) is 21.2. The second kappa shape index (κ2) is 10.4.